The number of rotatable bonds is 12. The normalized spacial score (nSPS) is 15.2. The number of ether oxygens (including phenoxy) is 3. The zero-order valence-corrected chi connectivity index (χ0v) is 18.4. The van der Waals surface area contributed by atoms with Crippen molar-refractivity contribution < 1.29 is 23.8 Å². The van der Waals surface area contributed by atoms with Gasteiger partial charge in [-0.25, -0.2) is 0 Å². The summed E-state index contributed by atoms with van der Waals surface area (Å²) < 4.78 is 16.3. The van der Waals surface area contributed by atoms with Crippen LogP contribution < -0.4 is 20.7 Å². The van der Waals surface area contributed by atoms with E-state index >= 15 is 0 Å². The Morgan fingerprint density at radius 3 is 2.47 bits per heavy atom. The van der Waals surface area contributed by atoms with Crippen LogP contribution in [0.2, 0.25) is 0 Å². The molecule has 1 unspecified atom stereocenters. The van der Waals surface area contributed by atoms with Gasteiger partial charge in [-0.15, -0.1) is 0 Å². The Morgan fingerprint density at radius 1 is 1.03 bits per heavy atom. The highest BCUT2D eigenvalue weighted by atomic mass is 16.5. The van der Waals surface area contributed by atoms with Gasteiger partial charge in [-0.3, -0.25) is 9.59 Å². The molecule has 1 aliphatic heterocycles. The molecule has 172 valence electrons. The maximum atomic E-state index is 12.2. The molecule has 1 saturated heterocycles. The molecule has 2 aromatic rings. The van der Waals surface area contributed by atoms with Crippen LogP contribution in [0.5, 0.6) is 5.75 Å². The van der Waals surface area contributed by atoms with E-state index in [-0.39, 0.29) is 24.5 Å². The van der Waals surface area contributed by atoms with E-state index < -0.39 is 0 Å². The lowest BCUT2D eigenvalue weighted by molar-refractivity contribution is -0.114. The monoisotopic (exact) mass is 441 g/mol. The molecular formula is C24H31N3O5. The Hall–Kier alpha value is -3.10. The molecule has 0 radical (unpaired) electrons. The van der Waals surface area contributed by atoms with Gasteiger partial charge >= 0.3 is 0 Å². The Kier molecular flexibility index (Phi) is 9.34. The summed E-state index contributed by atoms with van der Waals surface area (Å²) >= 11 is 0. The van der Waals surface area contributed by atoms with Gasteiger partial charge in [0.2, 0.25) is 5.91 Å². The molecule has 0 saturated carbocycles. The summed E-state index contributed by atoms with van der Waals surface area (Å²) in [6.45, 7) is 5.06. The van der Waals surface area contributed by atoms with Crippen LogP contribution in [0.3, 0.4) is 0 Å². The third-order valence-electron chi connectivity index (χ3n) is 4.95. The number of carbonyl (C=O) groups is 2. The Balaban J connectivity index is 1.37. The average molecular weight is 442 g/mol. The van der Waals surface area contributed by atoms with Crippen LogP contribution in [-0.4, -0.2) is 57.4 Å². The first-order valence-electron chi connectivity index (χ1n) is 11.0. The summed E-state index contributed by atoms with van der Waals surface area (Å²) in [4.78, 5) is 24.4. The molecular weight excluding hydrogens is 410 g/mol. The Labute approximate surface area is 188 Å². The lowest BCUT2D eigenvalue weighted by Crippen LogP contribution is -2.31. The fraction of sp³-hybridized carbons (Fsp3) is 0.417. The molecule has 3 rings (SSSR count). The summed E-state index contributed by atoms with van der Waals surface area (Å²) in [7, 11) is 0. The Bertz CT molecular complexity index is 849. The van der Waals surface area contributed by atoms with Crippen molar-refractivity contribution in [1.82, 2.24) is 5.32 Å². The number of nitrogens with one attached hydrogen (secondary N) is 3. The van der Waals surface area contributed by atoms with Crippen LogP contribution >= 0.6 is 0 Å². The maximum Gasteiger partial charge on any atom is 0.251 e. The van der Waals surface area contributed by atoms with Crippen LogP contribution in [0, 0.1) is 0 Å². The quantitative estimate of drug-likeness (QED) is 0.438. The van der Waals surface area contributed by atoms with E-state index in [1.165, 1.54) is 0 Å². The van der Waals surface area contributed by atoms with Gasteiger partial charge in [-0.05, 0) is 68.3 Å². The zero-order chi connectivity index (χ0) is 22.6. The van der Waals surface area contributed by atoms with Crippen LogP contribution in [0.4, 0.5) is 11.4 Å². The largest absolute Gasteiger partial charge is 0.491 e. The fourth-order valence-electron chi connectivity index (χ4n) is 3.24. The number of hydrogen-bond acceptors (Lipinski definition) is 6. The molecule has 0 spiro atoms. The van der Waals surface area contributed by atoms with E-state index in [0.717, 1.165) is 30.9 Å². The third kappa shape index (κ3) is 7.86. The maximum absolute atomic E-state index is 12.2. The van der Waals surface area contributed by atoms with Crippen LogP contribution in [0.15, 0.2) is 48.5 Å². The lowest BCUT2D eigenvalue weighted by atomic mass is 10.2. The first kappa shape index (κ1) is 23.6. The van der Waals surface area contributed by atoms with E-state index in [2.05, 4.69) is 16.0 Å². The summed E-state index contributed by atoms with van der Waals surface area (Å²) in [5.41, 5.74) is 1.99. The van der Waals surface area contributed by atoms with Crippen molar-refractivity contribution in [3.8, 4) is 5.75 Å². The van der Waals surface area contributed by atoms with Crippen molar-refractivity contribution in [3.05, 3.63) is 54.1 Å². The van der Waals surface area contributed by atoms with Crippen molar-refractivity contribution in [2.45, 2.75) is 25.9 Å². The number of hydrogen-bond donors (Lipinski definition) is 3. The molecule has 1 fully saturated rings. The van der Waals surface area contributed by atoms with Gasteiger partial charge < -0.3 is 30.2 Å². The first-order chi connectivity index (χ1) is 15.6. The number of benzene rings is 2. The van der Waals surface area contributed by atoms with Crippen LogP contribution in [0.1, 0.15) is 30.1 Å². The molecule has 1 atom stereocenters. The molecule has 1 heterocycles. The SMILES string of the molecule is CCOCCOc1ccc(NCC(=O)Nc2ccc(C(=O)NCC3CCCO3)cc2)cc1. The number of anilines is 2. The van der Waals surface area contributed by atoms with Gasteiger partial charge in [0, 0.05) is 36.7 Å². The van der Waals surface area contributed by atoms with Crippen molar-refractivity contribution in [2.24, 2.45) is 0 Å². The summed E-state index contributed by atoms with van der Waals surface area (Å²) in [6.07, 6.45) is 2.12. The summed E-state index contributed by atoms with van der Waals surface area (Å²) in [6, 6.07) is 14.2. The van der Waals surface area contributed by atoms with Gasteiger partial charge in [0.05, 0.1) is 19.3 Å². The van der Waals surface area contributed by atoms with E-state index in [9.17, 15) is 9.59 Å². The van der Waals surface area contributed by atoms with Crippen LogP contribution in [-0.2, 0) is 14.3 Å². The Morgan fingerprint density at radius 2 is 1.78 bits per heavy atom. The van der Waals surface area contributed by atoms with Crippen molar-refractivity contribution in [3.63, 3.8) is 0 Å². The average Bonchev–Trinajstić information content (AvgIpc) is 3.34. The molecule has 2 aromatic carbocycles. The molecule has 3 N–H and O–H groups in total. The lowest BCUT2D eigenvalue weighted by Gasteiger charge is -2.11. The third-order valence-corrected chi connectivity index (χ3v) is 4.95. The fourth-order valence-corrected chi connectivity index (χ4v) is 3.24. The van der Waals surface area contributed by atoms with Crippen molar-refractivity contribution >= 4 is 23.2 Å². The highest BCUT2D eigenvalue weighted by molar-refractivity contribution is 5.96. The topological polar surface area (TPSA) is 97.9 Å². The standard InChI is InChI=1S/C24H31N3O5/c1-2-30-14-15-32-21-11-9-19(10-12-21)25-17-23(28)27-20-7-5-18(6-8-20)24(29)26-16-22-4-3-13-31-22/h5-12,22,25H,2-4,13-17H2,1H3,(H,26,29)(H,27,28). The van der Waals surface area contributed by atoms with Crippen molar-refractivity contribution in [2.75, 3.05) is 50.2 Å². The molecule has 8 heteroatoms. The number of carbonyl (C=O) groups excluding carboxylic acids is 2. The van der Waals surface area contributed by atoms with Gasteiger partial charge in [0.1, 0.15) is 12.4 Å². The molecule has 32 heavy (non-hydrogen) atoms. The number of amides is 2. The van der Waals surface area contributed by atoms with Crippen molar-refractivity contribution in [1.29, 1.82) is 0 Å². The second-order valence-corrected chi connectivity index (χ2v) is 7.39. The second kappa shape index (κ2) is 12.7. The van der Waals surface area contributed by atoms with E-state index in [1.54, 1.807) is 24.3 Å². The molecule has 0 aliphatic carbocycles. The van der Waals surface area contributed by atoms with E-state index in [1.807, 2.05) is 31.2 Å². The van der Waals surface area contributed by atoms with E-state index in [0.29, 0.717) is 37.6 Å². The minimum absolute atomic E-state index is 0.106. The zero-order valence-electron chi connectivity index (χ0n) is 18.4. The predicted octanol–water partition coefficient (Wildman–Crippen LogP) is 3.06. The molecule has 1 aliphatic rings. The highest BCUT2D eigenvalue weighted by Gasteiger charge is 2.16. The van der Waals surface area contributed by atoms with Gasteiger partial charge in [0.25, 0.3) is 5.91 Å². The predicted molar refractivity (Wildman–Crippen MR) is 123 cm³/mol. The van der Waals surface area contributed by atoms with Crippen LogP contribution in [0.25, 0.3) is 0 Å². The molecule has 8 nitrogen and oxygen atoms in total. The van der Waals surface area contributed by atoms with Gasteiger partial charge in [0.15, 0.2) is 0 Å². The summed E-state index contributed by atoms with van der Waals surface area (Å²) in [5, 5.41) is 8.77. The smallest absolute Gasteiger partial charge is 0.251 e. The van der Waals surface area contributed by atoms with E-state index in [4.69, 9.17) is 14.2 Å². The summed E-state index contributed by atoms with van der Waals surface area (Å²) in [5.74, 6) is 0.419. The highest BCUT2D eigenvalue weighted by Crippen LogP contribution is 2.16. The molecule has 2 amide bonds. The minimum Gasteiger partial charge on any atom is -0.491 e. The van der Waals surface area contributed by atoms with Gasteiger partial charge in [-0.2, -0.15) is 0 Å². The second-order valence-electron chi connectivity index (χ2n) is 7.39. The molecule has 0 bridgehead atoms. The van der Waals surface area contributed by atoms with Gasteiger partial charge in [-0.1, -0.05) is 0 Å². The first-order valence-corrected chi connectivity index (χ1v) is 11.0. The minimum atomic E-state index is -0.183. The molecule has 0 aromatic heterocycles.